The van der Waals surface area contributed by atoms with Gasteiger partial charge in [0.1, 0.15) is 15.7 Å². The van der Waals surface area contributed by atoms with E-state index in [1.54, 1.807) is 13.0 Å². The Hall–Kier alpha value is -0.420. The van der Waals surface area contributed by atoms with E-state index in [2.05, 4.69) is 15.9 Å². The summed E-state index contributed by atoms with van der Waals surface area (Å²) in [5, 5.41) is 0.711. The molecule has 2 nitrogen and oxygen atoms in total. The van der Waals surface area contributed by atoms with E-state index in [0.29, 0.717) is 11.8 Å². The third-order valence-electron chi connectivity index (χ3n) is 2.95. The number of benzene rings is 1. The lowest BCUT2D eigenvalue weighted by Crippen LogP contribution is -2.10. The monoisotopic (exact) mass is 336 g/mol. The highest BCUT2D eigenvalue weighted by Gasteiger charge is 2.13. The minimum Gasteiger partial charge on any atom is -0.229 e. The number of alkyl halides is 1. The fourth-order valence-electron chi connectivity index (χ4n) is 1.79. The Bertz CT molecular complexity index is 474. The van der Waals surface area contributed by atoms with Gasteiger partial charge in [-0.1, -0.05) is 35.0 Å². The molecule has 1 aromatic rings. The lowest BCUT2D eigenvalue weighted by molar-refractivity contribution is 0.586. The second-order valence-corrected chi connectivity index (χ2v) is 7.41. The number of hydrogen-bond donors (Lipinski definition) is 0. The summed E-state index contributed by atoms with van der Waals surface area (Å²) in [5.41, 5.74) is 0.917. The largest absolute Gasteiger partial charge is 0.229 e. The zero-order valence-electron chi connectivity index (χ0n) is 10.4. The number of rotatable bonds is 7. The van der Waals surface area contributed by atoms with Crippen LogP contribution in [0.5, 0.6) is 0 Å². The molecular weight excluding hydrogens is 319 g/mol. The molecule has 0 aliphatic rings. The maximum Gasteiger partial charge on any atom is 0.150 e. The smallest absolute Gasteiger partial charge is 0.150 e. The van der Waals surface area contributed by atoms with Crippen LogP contribution in [-0.2, 0) is 9.84 Å². The molecule has 0 amide bonds. The van der Waals surface area contributed by atoms with Crippen molar-refractivity contribution in [1.29, 1.82) is 0 Å². The molecule has 1 unspecified atom stereocenters. The van der Waals surface area contributed by atoms with Crippen LogP contribution in [0.2, 0.25) is 0 Å². The summed E-state index contributed by atoms with van der Waals surface area (Å²) >= 11 is 3.40. The van der Waals surface area contributed by atoms with E-state index in [9.17, 15) is 12.8 Å². The van der Waals surface area contributed by atoms with Gasteiger partial charge in [-0.25, -0.2) is 12.8 Å². The first kappa shape index (κ1) is 15.6. The Labute approximate surface area is 117 Å². The van der Waals surface area contributed by atoms with E-state index < -0.39 is 9.84 Å². The third kappa shape index (κ3) is 5.06. The molecule has 0 heterocycles. The van der Waals surface area contributed by atoms with Crippen LogP contribution in [-0.4, -0.2) is 25.3 Å². The van der Waals surface area contributed by atoms with Crippen LogP contribution >= 0.6 is 15.9 Å². The summed E-state index contributed by atoms with van der Waals surface area (Å²) in [5.74, 6) is 0.307. The standard InChI is InChI=1S/C13H18BrFO2S/c1-2-18(16,17)8-4-6-12(10-14)11-5-3-7-13(15)9-11/h3,5,7,9,12H,2,4,6,8,10H2,1H3. The van der Waals surface area contributed by atoms with Gasteiger partial charge < -0.3 is 0 Å². The molecule has 18 heavy (non-hydrogen) atoms. The van der Waals surface area contributed by atoms with Gasteiger partial charge in [-0.3, -0.25) is 0 Å². The van der Waals surface area contributed by atoms with E-state index in [4.69, 9.17) is 0 Å². The zero-order chi connectivity index (χ0) is 13.6. The maximum atomic E-state index is 13.1. The maximum absolute atomic E-state index is 13.1. The summed E-state index contributed by atoms with van der Waals surface area (Å²) in [4.78, 5) is 0. The summed E-state index contributed by atoms with van der Waals surface area (Å²) in [6, 6.07) is 6.49. The molecule has 102 valence electrons. The van der Waals surface area contributed by atoms with Crippen molar-refractivity contribution in [2.75, 3.05) is 16.8 Å². The molecule has 1 rings (SSSR count). The predicted octanol–water partition coefficient (Wildman–Crippen LogP) is 3.52. The fourth-order valence-corrected chi connectivity index (χ4v) is 3.38. The van der Waals surface area contributed by atoms with Gasteiger partial charge in [-0.15, -0.1) is 0 Å². The van der Waals surface area contributed by atoms with Gasteiger partial charge in [-0.2, -0.15) is 0 Å². The molecule has 0 aromatic heterocycles. The number of hydrogen-bond acceptors (Lipinski definition) is 2. The van der Waals surface area contributed by atoms with Crippen LogP contribution in [0.25, 0.3) is 0 Å². The normalized spacial score (nSPS) is 13.5. The second-order valence-electron chi connectivity index (χ2n) is 4.28. The first-order valence-electron chi connectivity index (χ1n) is 6.00. The lowest BCUT2D eigenvalue weighted by atomic mass is 9.96. The van der Waals surface area contributed by atoms with Crippen LogP contribution in [0.1, 0.15) is 31.2 Å². The minimum absolute atomic E-state index is 0.160. The molecule has 0 spiro atoms. The number of halogens is 2. The lowest BCUT2D eigenvalue weighted by Gasteiger charge is -2.14. The Kier molecular flexibility index (Phi) is 6.29. The second kappa shape index (κ2) is 7.24. The first-order chi connectivity index (χ1) is 8.48. The Morgan fingerprint density at radius 2 is 2.11 bits per heavy atom. The van der Waals surface area contributed by atoms with E-state index in [1.165, 1.54) is 12.1 Å². The molecule has 0 bridgehead atoms. The topological polar surface area (TPSA) is 34.1 Å². The average molecular weight is 337 g/mol. The van der Waals surface area contributed by atoms with Crippen molar-refractivity contribution in [1.82, 2.24) is 0 Å². The molecule has 5 heteroatoms. The molecule has 0 aliphatic heterocycles. The molecule has 0 N–H and O–H groups in total. The van der Waals surface area contributed by atoms with Gasteiger partial charge in [0.15, 0.2) is 0 Å². The van der Waals surface area contributed by atoms with E-state index in [-0.39, 0.29) is 23.2 Å². The van der Waals surface area contributed by atoms with Crippen molar-refractivity contribution in [3.63, 3.8) is 0 Å². The Morgan fingerprint density at radius 3 is 2.67 bits per heavy atom. The highest BCUT2D eigenvalue weighted by Crippen LogP contribution is 2.24. The molecule has 0 saturated carbocycles. The highest BCUT2D eigenvalue weighted by molar-refractivity contribution is 9.09. The van der Waals surface area contributed by atoms with Gasteiger partial charge >= 0.3 is 0 Å². The van der Waals surface area contributed by atoms with Crippen molar-refractivity contribution >= 4 is 25.8 Å². The van der Waals surface area contributed by atoms with Gasteiger partial charge in [-0.05, 0) is 36.5 Å². The van der Waals surface area contributed by atoms with Crippen molar-refractivity contribution in [3.05, 3.63) is 35.6 Å². The first-order valence-corrected chi connectivity index (χ1v) is 8.94. The molecule has 1 atom stereocenters. The fraction of sp³-hybridized carbons (Fsp3) is 0.538. The number of sulfone groups is 1. The van der Waals surface area contributed by atoms with E-state index in [1.807, 2.05) is 6.07 Å². The van der Waals surface area contributed by atoms with E-state index >= 15 is 0 Å². The average Bonchev–Trinajstić information content (AvgIpc) is 2.34. The summed E-state index contributed by atoms with van der Waals surface area (Å²) in [6.07, 6.45) is 1.36. The van der Waals surface area contributed by atoms with Crippen molar-refractivity contribution in [2.24, 2.45) is 0 Å². The Morgan fingerprint density at radius 1 is 1.39 bits per heavy atom. The molecule has 1 aromatic carbocycles. The summed E-state index contributed by atoms with van der Waals surface area (Å²) < 4.78 is 35.9. The van der Waals surface area contributed by atoms with Gasteiger partial charge in [0.2, 0.25) is 0 Å². The van der Waals surface area contributed by atoms with Crippen LogP contribution in [0.3, 0.4) is 0 Å². The van der Waals surface area contributed by atoms with Crippen LogP contribution < -0.4 is 0 Å². The molecule has 0 radical (unpaired) electrons. The quantitative estimate of drug-likeness (QED) is 0.714. The van der Waals surface area contributed by atoms with Gasteiger partial charge in [0, 0.05) is 11.1 Å². The van der Waals surface area contributed by atoms with Gasteiger partial charge in [0.25, 0.3) is 0 Å². The van der Waals surface area contributed by atoms with Gasteiger partial charge in [0.05, 0.1) is 5.75 Å². The highest BCUT2D eigenvalue weighted by atomic mass is 79.9. The predicted molar refractivity (Wildman–Crippen MR) is 76.5 cm³/mol. The minimum atomic E-state index is -2.90. The van der Waals surface area contributed by atoms with Crippen LogP contribution in [0.15, 0.2) is 24.3 Å². The van der Waals surface area contributed by atoms with Crippen molar-refractivity contribution in [2.45, 2.75) is 25.7 Å². The third-order valence-corrected chi connectivity index (χ3v) is 5.53. The van der Waals surface area contributed by atoms with Crippen LogP contribution in [0, 0.1) is 5.82 Å². The molecule has 0 saturated heterocycles. The summed E-state index contributed by atoms with van der Waals surface area (Å²) in [6.45, 7) is 1.66. The van der Waals surface area contributed by atoms with Crippen LogP contribution in [0.4, 0.5) is 4.39 Å². The van der Waals surface area contributed by atoms with E-state index in [0.717, 1.165) is 12.0 Å². The molecule has 0 aliphatic carbocycles. The Balaban J connectivity index is 2.58. The molecular formula is C13H18BrFO2S. The SMILES string of the molecule is CCS(=O)(=O)CCCC(CBr)c1cccc(F)c1. The van der Waals surface area contributed by atoms with Crippen molar-refractivity contribution in [3.8, 4) is 0 Å². The zero-order valence-corrected chi connectivity index (χ0v) is 12.8. The summed E-state index contributed by atoms with van der Waals surface area (Å²) in [7, 11) is -2.90. The molecule has 0 fully saturated rings. The van der Waals surface area contributed by atoms with Crippen molar-refractivity contribution < 1.29 is 12.8 Å².